The number of fused-ring (bicyclic) bond motifs is 2. The predicted molar refractivity (Wildman–Crippen MR) is 226 cm³/mol. The Hall–Kier alpha value is -7.16. The van der Waals surface area contributed by atoms with Crippen LogP contribution in [0.5, 0.6) is 11.5 Å². The minimum atomic E-state index is 0.885. The van der Waals surface area contributed by atoms with Crippen molar-refractivity contribution in [3.63, 3.8) is 0 Å². The molecule has 2 heteroatoms. The molecule has 9 aromatic rings. The van der Waals surface area contributed by atoms with E-state index in [4.69, 9.17) is 4.74 Å². The molecule has 0 radical (unpaired) electrons. The lowest BCUT2D eigenvalue weighted by Crippen LogP contribution is -2.12. The largest absolute Gasteiger partial charge is 0.456 e. The van der Waals surface area contributed by atoms with Crippen molar-refractivity contribution in [1.29, 1.82) is 0 Å². The van der Waals surface area contributed by atoms with E-state index in [1.165, 1.54) is 33.4 Å². The Morgan fingerprint density at radius 1 is 0.296 bits per heavy atom. The number of hydrogen-bond acceptors (Lipinski definition) is 2. The lowest BCUT2D eigenvalue weighted by atomic mass is 9.88. The summed E-state index contributed by atoms with van der Waals surface area (Å²) in [6.07, 6.45) is 0. The molecule has 0 fully saturated rings. The Labute approximate surface area is 315 Å². The zero-order valence-electron chi connectivity index (χ0n) is 29.6. The van der Waals surface area contributed by atoms with Gasteiger partial charge in [0, 0.05) is 27.8 Å². The average molecular weight is 690 g/mol. The maximum absolute atomic E-state index is 6.39. The van der Waals surface area contributed by atoms with Crippen molar-refractivity contribution in [3.05, 3.63) is 212 Å². The van der Waals surface area contributed by atoms with Crippen LogP contribution in [0.2, 0.25) is 0 Å². The lowest BCUT2D eigenvalue weighted by molar-refractivity contribution is 0.487. The molecule has 9 aromatic carbocycles. The molecule has 0 amide bonds. The minimum Gasteiger partial charge on any atom is -0.456 e. The Morgan fingerprint density at radius 3 is 1.52 bits per heavy atom. The van der Waals surface area contributed by atoms with Crippen LogP contribution in [0.3, 0.4) is 0 Å². The van der Waals surface area contributed by atoms with Gasteiger partial charge >= 0.3 is 0 Å². The van der Waals surface area contributed by atoms with E-state index in [2.05, 4.69) is 211 Å². The molecule has 1 aliphatic heterocycles. The van der Waals surface area contributed by atoms with E-state index in [-0.39, 0.29) is 0 Å². The summed E-state index contributed by atoms with van der Waals surface area (Å²) in [4.78, 5) is 2.42. The zero-order valence-corrected chi connectivity index (χ0v) is 29.6. The van der Waals surface area contributed by atoms with E-state index in [0.29, 0.717) is 0 Å². The summed E-state index contributed by atoms with van der Waals surface area (Å²) in [6.45, 7) is 0. The van der Waals surface area contributed by atoms with E-state index in [1.807, 2.05) is 6.07 Å². The van der Waals surface area contributed by atoms with Gasteiger partial charge in [0.15, 0.2) is 0 Å². The first-order valence-electron chi connectivity index (χ1n) is 18.4. The first kappa shape index (κ1) is 31.6. The lowest BCUT2D eigenvalue weighted by Gasteiger charge is -2.30. The van der Waals surface area contributed by atoms with Crippen molar-refractivity contribution < 1.29 is 4.74 Å². The fourth-order valence-electron chi connectivity index (χ4n) is 8.08. The van der Waals surface area contributed by atoms with Gasteiger partial charge in [-0.1, -0.05) is 164 Å². The van der Waals surface area contributed by atoms with Crippen LogP contribution in [0.15, 0.2) is 212 Å². The second-order valence-corrected chi connectivity index (χ2v) is 13.6. The molecule has 0 aliphatic carbocycles. The summed E-state index contributed by atoms with van der Waals surface area (Å²) in [5, 5.41) is 2.30. The van der Waals surface area contributed by atoms with Gasteiger partial charge in [0.25, 0.3) is 0 Å². The second kappa shape index (κ2) is 13.4. The van der Waals surface area contributed by atoms with Crippen molar-refractivity contribution in [1.82, 2.24) is 0 Å². The van der Waals surface area contributed by atoms with Crippen LogP contribution in [0.1, 0.15) is 0 Å². The molecule has 0 saturated carbocycles. The number of ether oxygens (including phenoxy) is 1. The Kier molecular flexibility index (Phi) is 7.85. The third-order valence-corrected chi connectivity index (χ3v) is 10.5. The second-order valence-electron chi connectivity index (χ2n) is 13.6. The molecule has 0 spiro atoms. The molecule has 0 aromatic heterocycles. The number of anilines is 3. The molecule has 1 aliphatic rings. The van der Waals surface area contributed by atoms with Crippen molar-refractivity contribution in [3.8, 4) is 67.1 Å². The highest BCUT2D eigenvalue weighted by Gasteiger charge is 2.24. The molecular formula is C52H35NO. The van der Waals surface area contributed by atoms with Gasteiger partial charge in [-0.2, -0.15) is 0 Å². The quantitative estimate of drug-likeness (QED) is 0.165. The van der Waals surface area contributed by atoms with Gasteiger partial charge in [0.05, 0.1) is 11.4 Å². The highest BCUT2D eigenvalue weighted by atomic mass is 16.5. The maximum atomic E-state index is 6.39. The number of hydrogen-bond donors (Lipinski definition) is 0. The monoisotopic (exact) mass is 689 g/mol. The van der Waals surface area contributed by atoms with Gasteiger partial charge in [0.2, 0.25) is 0 Å². The molecule has 1 heterocycles. The van der Waals surface area contributed by atoms with E-state index < -0.39 is 0 Å². The molecule has 0 N–H and O–H groups in total. The average Bonchev–Trinajstić information content (AvgIpc) is 3.25. The third-order valence-electron chi connectivity index (χ3n) is 10.5. The molecule has 10 rings (SSSR count). The van der Waals surface area contributed by atoms with Crippen molar-refractivity contribution >= 4 is 27.8 Å². The standard InChI is InChI=1S/C52H35NO/c1-3-18-36(19-4-1)40-23-7-8-25-42(40)43-26-9-10-27-44(43)45-28-12-15-31-49(45)53(39-21-5-2-6-22-39)48-30-14-11-24-41(48)38-34-37-20-17-33-51-52(37)47(35-38)46-29-13-16-32-50(46)54-51/h1-35H. The molecule has 254 valence electrons. The fourth-order valence-corrected chi connectivity index (χ4v) is 8.08. The number of nitrogens with zero attached hydrogens (tertiary/aromatic N) is 1. The van der Waals surface area contributed by atoms with E-state index in [9.17, 15) is 0 Å². The van der Waals surface area contributed by atoms with Gasteiger partial charge in [-0.3, -0.25) is 0 Å². The molecular weight excluding hydrogens is 655 g/mol. The topological polar surface area (TPSA) is 12.5 Å². The van der Waals surface area contributed by atoms with Crippen LogP contribution < -0.4 is 9.64 Å². The maximum Gasteiger partial charge on any atom is 0.135 e. The van der Waals surface area contributed by atoms with Gasteiger partial charge in [0.1, 0.15) is 11.5 Å². The van der Waals surface area contributed by atoms with Crippen molar-refractivity contribution in [2.24, 2.45) is 0 Å². The van der Waals surface area contributed by atoms with Crippen LogP contribution in [-0.2, 0) is 0 Å². The third kappa shape index (κ3) is 5.44. The smallest absolute Gasteiger partial charge is 0.135 e. The Morgan fingerprint density at radius 2 is 0.796 bits per heavy atom. The van der Waals surface area contributed by atoms with E-state index in [0.717, 1.165) is 61.6 Å². The van der Waals surface area contributed by atoms with E-state index in [1.54, 1.807) is 0 Å². The minimum absolute atomic E-state index is 0.885. The summed E-state index contributed by atoms with van der Waals surface area (Å²) < 4.78 is 6.39. The summed E-state index contributed by atoms with van der Waals surface area (Å²) in [7, 11) is 0. The first-order valence-corrected chi connectivity index (χ1v) is 18.4. The molecule has 0 bridgehead atoms. The Bertz CT molecular complexity index is 2800. The molecule has 2 nitrogen and oxygen atoms in total. The molecule has 0 atom stereocenters. The summed E-state index contributed by atoms with van der Waals surface area (Å²) in [5.74, 6) is 1.78. The number of benzene rings is 9. The normalized spacial score (nSPS) is 11.5. The van der Waals surface area contributed by atoms with Crippen LogP contribution in [-0.4, -0.2) is 0 Å². The predicted octanol–water partition coefficient (Wildman–Crippen LogP) is 14.8. The van der Waals surface area contributed by atoms with Gasteiger partial charge in [-0.05, 0) is 92.9 Å². The van der Waals surface area contributed by atoms with Crippen molar-refractivity contribution in [2.75, 3.05) is 4.90 Å². The summed E-state index contributed by atoms with van der Waals surface area (Å²) in [5.41, 5.74) is 15.0. The highest BCUT2D eigenvalue weighted by molar-refractivity contribution is 6.07. The van der Waals surface area contributed by atoms with Crippen LogP contribution >= 0.6 is 0 Å². The first-order chi connectivity index (χ1) is 26.8. The highest BCUT2D eigenvalue weighted by Crippen LogP contribution is 2.51. The summed E-state index contributed by atoms with van der Waals surface area (Å²) >= 11 is 0. The molecule has 0 saturated heterocycles. The van der Waals surface area contributed by atoms with Crippen LogP contribution in [0.25, 0.3) is 66.4 Å². The number of para-hydroxylation sites is 4. The van der Waals surface area contributed by atoms with Gasteiger partial charge < -0.3 is 9.64 Å². The van der Waals surface area contributed by atoms with Crippen LogP contribution in [0, 0.1) is 0 Å². The number of rotatable bonds is 7. The molecule has 54 heavy (non-hydrogen) atoms. The van der Waals surface area contributed by atoms with Crippen LogP contribution in [0.4, 0.5) is 17.1 Å². The van der Waals surface area contributed by atoms with Gasteiger partial charge in [-0.15, -0.1) is 0 Å². The molecule has 0 unspecified atom stereocenters. The SMILES string of the molecule is c1ccc(-c2ccccc2-c2ccccc2-c2ccccc2N(c2ccccc2)c2ccccc2-c2cc3c4c(cccc4c2)Oc2ccccc2-3)cc1. The van der Waals surface area contributed by atoms with E-state index >= 15 is 0 Å². The fraction of sp³-hybridized carbons (Fsp3) is 0. The van der Waals surface area contributed by atoms with Gasteiger partial charge in [-0.25, -0.2) is 0 Å². The van der Waals surface area contributed by atoms with Crippen molar-refractivity contribution in [2.45, 2.75) is 0 Å². The zero-order chi connectivity index (χ0) is 35.8. The Balaban J connectivity index is 1.19. The summed E-state index contributed by atoms with van der Waals surface area (Å²) in [6, 6.07) is 75.9.